The SMILES string of the molecule is CCCNC(Cc1nccs1)c1c(Cl)cccc1Cl. The topological polar surface area (TPSA) is 24.9 Å². The summed E-state index contributed by atoms with van der Waals surface area (Å²) in [6.07, 6.45) is 3.70. The van der Waals surface area contributed by atoms with E-state index in [4.69, 9.17) is 23.2 Å². The molecule has 1 N–H and O–H groups in total. The van der Waals surface area contributed by atoms with Gasteiger partial charge in [0.25, 0.3) is 0 Å². The first kappa shape index (κ1) is 14.8. The second kappa shape index (κ2) is 7.25. The molecule has 1 aromatic heterocycles. The van der Waals surface area contributed by atoms with Gasteiger partial charge in [-0.25, -0.2) is 4.98 Å². The summed E-state index contributed by atoms with van der Waals surface area (Å²) in [4.78, 5) is 4.34. The summed E-state index contributed by atoms with van der Waals surface area (Å²) in [5.41, 5.74) is 0.967. The van der Waals surface area contributed by atoms with Crippen molar-refractivity contribution in [2.75, 3.05) is 6.54 Å². The van der Waals surface area contributed by atoms with Crippen molar-refractivity contribution in [3.05, 3.63) is 50.4 Å². The van der Waals surface area contributed by atoms with Gasteiger partial charge in [-0.3, -0.25) is 0 Å². The number of rotatable bonds is 6. The summed E-state index contributed by atoms with van der Waals surface area (Å²) in [7, 11) is 0. The van der Waals surface area contributed by atoms with Gasteiger partial charge in [0.2, 0.25) is 0 Å². The molecule has 2 rings (SSSR count). The number of benzene rings is 1. The maximum atomic E-state index is 6.30. The van der Waals surface area contributed by atoms with Gasteiger partial charge in [-0.05, 0) is 25.1 Å². The molecule has 2 nitrogen and oxygen atoms in total. The highest BCUT2D eigenvalue weighted by Gasteiger charge is 2.18. The largest absolute Gasteiger partial charge is 0.309 e. The lowest BCUT2D eigenvalue weighted by Crippen LogP contribution is -2.24. The first-order chi connectivity index (χ1) is 9.22. The summed E-state index contributed by atoms with van der Waals surface area (Å²) < 4.78 is 0. The average molecular weight is 315 g/mol. The fourth-order valence-corrected chi connectivity index (χ4v) is 3.29. The molecule has 0 aliphatic rings. The standard InChI is InChI=1S/C14H16Cl2N2S/c1-2-6-17-12(9-13-18-7-8-19-13)14-10(15)4-3-5-11(14)16/h3-5,7-8,12,17H,2,6,9H2,1H3. The van der Waals surface area contributed by atoms with Crippen molar-refractivity contribution in [1.29, 1.82) is 0 Å². The van der Waals surface area contributed by atoms with Gasteiger partial charge in [0.05, 0.1) is 5.01 Å². The molecule has 0 spiro atoms. The number of nitrogens with one attached hydrogen (secondary N) is 1. The fourth-order valence-electron chi connectivity index (χ4n) is 1.97. The summed E-state index contributed by atoms with van der Waals surface area (Å²) in [5.74, 6) is 0. The van der Waals surface area contributed by atoms with E-state index >= 15 is 0 Å². The molecule has 0 aliphatic carbocycles. The lowest BCUT2D eigenvalue weighted by atomic mass is 10.0. The number of thiazole rings is 1. The Morgan fingerprint density at radius 3 is 2.63 bits per heavy atom. The van der Waals surface area contributed by atoms with Crippen molar-refractivity contribution in [1.82, 2.24) is 10.3 Å². The maximum Gasteiger partial charge on any atom is 0.0943 e. The molecule has 102 valence electrons. The molecule has 0 saturated heterocycles. The van der Waals surface area contributed by atoms with Gasteiger partial charge < -0.3 is 5.32 Å². The van der Waals surface area contributed by atoms with Crippen molar-refractivity contribution in [2.45, 2.75) is 25.8 Å². The van der Waals surface area contributed by atoms with Crippen LogP contribution in [0.3, 0.4) is 0 Å². The van der Waals surface area contributed by atoms with Crippen LogP contribution in [0, 0.1) is 0 Å². The predicted octanol–water partition coefficient (Wildman–Crippen LogP) is 4.73. The highest BCUT2D eigenvalue weighted by atomic mass is 35.5. The van der Waals surface area contributed by atoms with Crippen LogP contribution in [-0.4, -0.2) is 11.5 Å². The second-order valence-corrected chi connectivity index (χ2v) is 6.07. The third-order valence-corrected chi connectivity index (χ3v) is 4.31. The predicted molar refractivity (Wildman–Crippen MR) is 83.3 cm³/mol. The van der Waals surface area contributed by atoms with Crippen molar-refractivity contribution in [3.63, 3.8) is 0 Å². The fraction of sp³-hybridized carbons (Fsp3) is 0.357. The Hall–Kier alpha value is -0.610. The van der Waals surface area contributed by atoms with E-state index < -0.39 is 0 Å². The van der Waals surface area contributed by atoms with Crippen molar-refractivity contribution < 1.29 is 0 Å². The normalized spacial score (nSPS) is 12.6. The zero-order valence-electron chi connectivity index (χ0n) is 10.7. The minimum absolute atomic E-state index is 0.104. The number of halogens is 2. The molecule has 0 fully saturated rings. The van der Waals surface area contributed by atoms with Gasteiger partial charge in [0, 0.05) is 39.6 Å². The van der Waals surface area contributed by atoms with Crippen LogP contribution in [0.5, 0.6) is 0 Å². The van der Waals surface area contributed by atoms with E-state index in [1.165, 1.54) is 0 Å². The first-order valence-corrected chi connectivity index (χ1v) is 7.91. The number of hydrogen-bond acceptors (Lipinski definition) is 3. The van der Waals surface area contributed by atoms with Gasteiger partial charge in [0.15, 0.2) is 0 Å². The number of aromatic nitrogens is 1. The van der Waals surface area contributed by atoms with Gasteiger partial charge in [-0.1, -0.05) is 36.2 Å². The Bertz CT molecular complexity index is 494. The highest BCUT2D eigenvalue weighted by molar-refractivity contribution is 7.09. The quantitative estimate of drug-likeness (QED) is 0.833. The Morgan fingerprint density at radius 1 is 1.32 bits per heavy atom. The third kappa shape index (κ3) is 3.93. The second-order valence-electron chi connectivity index (χ2n) is 4.27. The minimum atomic E-state index is 0.104. The molecule has 1 atom stereocenters. The van der Waals surface area contributed by atoms with Gasteiger partial charge in [-0.2, -0.15) is 0 Å². The van der Waals surface area contributed by atoms with Gasteiger partial charge >= 0.3 is 0 Å². The Balaban J connectivity index is 2.26. The molecule has 19 heavy (non-hydrogen) atoms. The third-order valence-electron chi connectivity index (χ3n) is 2.85. The molecular formula is C14H16Cl2N2S. The lowest BCUT2D eigenvalue weighted by Gasteiger charge is -2.20. The Morgan fingerprint density at radius 2 is 2.05 bits per heavy atom. The van der Waals surface area contributed by atoms with Crippen LogP contribution in [0.15, 0.2) is 29.8 Å². The molecule has 1 heterocycles. The van der Waals surface area contributed by atoms with E-state index in [2.05, 4.69) is 17.2 Å². The maximum absolute atomic E-state index is 6.30. The Kier molecular flexibility index (Phi) is 5.64. The smallest absolute Gasteiger partial charge is 0.0943 e. The monoisotopic (exact) mass is 314 g/mol. The summed E-state index contributed by atoms with van der Waals surface area (Å²) in [6, 6.07) is 5.73. The van der Waals surface area contributed by atoms with Crippen LogP contribution >= 0.6 is 34.5 Å². The van der Waals surface area contributed by atoms with Gasteiger partial charge in [0.1, 0.15) is 0 Å². The molecule has 0 bridgehead atoms. The molecular weight excluding hydrogens is 299 g/mol. The van der Waals surface area contributed by atoms with E-state index in [1.54, 1.807) is 11.3 Å². The first-order valence-electron chi connectivity index (χ1n) is 6.28. The van der Waals surface area contributed by atoms with E-state index in [0.29, 0.717) is 10.0 Å². The molecule has 5 heteroatoms. The van der Waals surface area contributed by atoms with Crippen LogP contribution in [0.25, 0.3) is 0 Å². The summed E-state index contributed by atoms with van der Waals surface area (Å²) in [5, 5.41) is 7.99. The van der Waals surface area contributed by atoms with Crippen LogP contribution in [0.1, 0.15) is 30.0 Å². The van der Waals surface area contributed by atoms with Crippen molar-refractivity contribution in [3.8, 4) is 0 Å². The van der Waals surface area contributed by atoms with Crippen molar-refractivity contribution in [2.24, 2.45) is 0 Å². The van der Waals surface area contributed by atoms with Crippen LogP contribution in [-0.2, 0) is 6.42 Å². The van der Waals surface area contributed by atoms with E-state index in [9.17, 15) is 0 Å². The molecule has 0 saturated carbocycles. The summed E-state index contributed by atoms with van der Waals surface area (Å²) >= 11 is 14.3. The van der Waals surface area contributed by atoms with E-state index in [1.807, 2.05) is 29.8 Å². The van der Waals surface area contributed by atoms with E-state index in [-0.39, 0.29) is 6.04 Å². The molecule has 1 aromatic carbocycles. The van der Waals surface area contributed by atoms with E-state index in [0.717, 1.165) is 30.0 Å². The van der Waals surface area contributed by atoms with Crippen molar-refractivity contribution >= 4 is 34.5 Å². The minimum Gasteiger partial charge on any atom is -0.309 e. The molecule has 1 unspecified atom stereocenters. The summed E-state index contributed by atoms with van der Waals surface area (Å²) in [6.45, 7) is 3.07. The average Bonchev–Trinajstić information content (AvgIpc) is 2.88. The van der Waals surface area contributed by atoms with Gasteiger partial charge in [-0.15, -0.1) is 11.3 Å². The molecule has 0 amide bonds. The Labute approximate surface area is 127 Å². The molecule has 0 aliphatic heterocycles. The molecule has 0 radical (unpaired) electrons. The number of nitrogens with zero attached hydrogens (tertiary/aromatic N) is 1. The lowest BCUT2D eigenvalue weighted by molar-refractivity contribution is 0.528. The van der Waals surface area contributed by atoms with Crippen LogP contribution in [0.4, 0.5) is 0 Å². The highest BCUT2D eigenvalue weighted by Crippen LogP contribution is 2.32. The van der Waals surface area contributed by atoms with Crippen LogP contribution < -0.4 is 5.32 Å². The zero-order valence-corrected chi connectivity index (χ0v) is 13.0. The zero-order chi connectivity index (χ0) is 13.7. The number of hydrogen-bond donors (Lipinski definition) is 1. The molecule has 2 aromatic rings. The van der Waals surface area contributed by atoms with Crippen LogP contribution in [0.2, 0.25) is 10.0 Å².